The van der Waals surface area contributed by atoms with Crippen molar-refractivity contribution in [3.05, 3.63) is 42.1 Å². The van der Waals surface area contributed by atoms with E-state index in [9.17, 15) is 10.0 Å². The van der Waals surface area contributed by atoms with Gasteiger partial charge in [0.05, 0.1) is 5.39 Å². The predicted octanol–water partition coefficient (Wildman–Crippen LogP) is 1.57. The Bertz CT molecular complexity index is 506. The van der Waals surface area contributed by atoms with Gasteiger partial charge < -0.3 is 0 Å². The van der Waals surface area contributed by atoms with Crippen LogP contribution in [0.3, 0.4) is 0 Å². The Morgan fingerprint density at radius 2 is 2.14 bits per heavy atom. The third kappa shape index (κ3) is 1.33. The van der Waals surface area contributed by atoms with Crippen molar-refractivity contribution >= 4 is 16.7 Å². The Balaban J connectivity index is 2.73. The van der Waals surface area contributed by atoms with E-state index in [2.05, 4.69) is 0 Å². The van der Waals surface area contributed by atoms with Gasteiger partial charge in [-0.2, -0.15) is 0 Å². The summed E-state index contributed by atoms with van der Waals surface area (Å²) in [4.78, 5) is 11.1. The minimum absolute atomic E-state index is 0.0280. The average Bonchev–Trinajstić information content (AvgIpc) is 2.17. The van der Waals surface area contributed by atoms with E-state index in [-0.39, 0.29) is 5.78 Å². The number of carbonyl (C=O) groups is 1. The lowest BCUT2D eigenvalue weighted by molar-refractivity contribution is -0.884. The van der Waals surface area contributed by atoms with Crippen LogP contribution in [0.4, 0.5) is 0 Å². The van der Waals surface area contributed by atoms with Crippen LogP contribution in [0, 0.1) is 0 Å². The molecule has 70 valence electrons. The van der Waals surface area contributed by atoms with Gasteiger partial charge in [-0.1, -0.05) is 0 Å². The van der Waals surface area contributed by atoms with Crippen LogP contribution in [0.5, 0.6) is 0 Å². The number of ketones is 1. The van der Waals surface area contributed by atoms with E-state index >= 15 is 0 Å². The van der Waals surface area contributed by atoms with E-state index in [0.717, 1.165) is 10.1 Å². The van der Waals surface area contributed by atoms with E-state index in [1.165, 1.54) is 6.92 Å². The molecule has 1 heterocycles. The third-order valence-corrected chi connectivity index (χ3v) is 2.18. The minimum Gasteiger partial charge on any atom is -0.295 e. The van der Waals surface area contributed by atoms with Crippen molar-refractivity contribution in [1.82, 2.24) is 0 Å². The monoisotopic (exact) mass is 188 g/mol. The van der Waals surface area contributed by atoms with E-state index in [4.69, 9.17) is 0 Å². The molecule has 3 nitrogen and oxygen atoms in total. The molecule has 1 aromatic carbocycles. The molecule has 0 bridgehead atoms. The van der Waals surface area contributed by atoms with Gasteiger partial charge in [0, 0.05) is 22.4 Å². The predicted molar refractivity (Wildman–Crippen MR) is 51.3 cm³/mol. The van der Waals surface area contributed by atoms with E-state index < -0.39 is 0 Å². The number of fused-ring (bicyclic) bond motifs is 1. The fourth-order valence-electron chi connectivity index (χ4n) is 1.42. The molecule has 1 aromatic heterocycles. The van der Waals surface area contributed by atoms with Gasteiger partial charge in [-0.25, -0.2) is 0 Å². The summed E-state index contributed by atoms with van der Waals surface area (Å²) in [5, 5.41) is 10.3. The molecule has 14 heavy (non-hydrogen) atoms. The van der Waals surface area contributed by atoms with E-state index in [1.807, 2.05) is 6.07 Å². The molecule has 0 saturated heterocycles. The molecule has 0 amide bonds. The molecule has 3 heteroatoms. The maximum absolute atomic E-state index is 11.1. The quantitative estimate of drug-likeness (QED) is 0.419. The fourth-order valence-corrected chi connectivity index (χ4v) is 1.42. The first-order chi connectivity index (χ1) is 6.68. The summed E-state index contributed by atoms with van der Waals surface area (Å²) >= 11 is 0. The number of benzene rings is 1. The van der Waals surface area contributed by atoms with Gasteiger partial charge in [0.15, 0.2) is 5.78 Å². The van der Waals surface area contributed by atoms with Gasteiger partial charge in [-0.3, -0.25) is 10.0 Å². The lowest BCUT2D eigenvalue weighted by atomic mass is 10.1. The molecule has 2 aromatic rings. The molecule has 0 atom stereocenters. The summed E-state index contributed by atoms with van der Waals surface area (Å²) in [5.74, 6) is 0.0280. The molecule has 0 fully saturated rings. The van der Waals surface area contributed by atoms with Crippen molar-refractivity contribution in [1.29, 1.82) is 0 Å². The van der Waals surface area contributed by atoms with Crippen LogP contribution >= 0.6 is 0 Å². The van der Waals surface area contributed by atoms with Crippen LogP contribution < -0.4 is 4.73 Å². The first-order valence-electron chi connectivity index (χ1n) is 4.33. The lowest BCUT2D eigenvalue weighted by Crippen LogP contribution is -2.29. The Kier molecular flexibility index (Phi) is 1.93. The highest BCUT2D eigenvalue weighted by Gasteiger charge is 2.08. The number of hydrogen-bond acceptors (Lipinski definition) is 2. The smallest absolute Gasteiger partial charge is 0.264 e. The molecule has 0 aliphatic heterocycles. The van der Waals surface area contributed by atoms with Crippen molar-refractivity contribution in [2.45, 2.75) is 6.92 Å². The van der Waals surface area contributed by atoms with Gasteiger partial charge in [0.1, 0.15) is 0 Å². The summed E-state index contributed by atoms with van der Waals surface area (Å²) < 4.78 is 1.04. The average molecular weight is 188 g/mol. The highest BCUT2D eigenvalue weighted by molar-refractivity contribution is 5.97. The highest BCUT2D eigenvalue weighted by Crippen LogP contribution is 2.12. The first-order valence-corrected chi connectivity index (χ1v) is 4.33. The minimum atomic E-state index is 0.0280. The maximum Gasteiger partial charge on any atom is 0.264 e. The van der Waals surface area contributed by atoms with Gasteiger partial charge in [0.2, 0.25) is 6.20 Å². The van der Waals surface area contributed by atoms with E-state index in [0.29, 0.717) is 11.1 Å². The van der Waals surface area contributed by atoms with Crippen LogP contribution in [0.1, 0.15) is 17.3 Å². The summed E-state index contributed by atoms with van der Waals surface area (Å²) in [6.45, 7) is 1.52. The topological polar surface area (TPSA) is 41.2 Å². The first kappa shape index (κ1) is 8.69. The molecule has 0 spiro atoms. The molecule has 0 aliphatic rings. The largest absolute Gasteiger partial charge is 0.295 e. The summed E-state index contributed by atoms with van der Waals surface area (Å²) in [6, 6.07) is 8.79. The fraction of sp³-hybridized carbons (Fsp3) is 0.0909. The van der Waals surface area contributed by atoms with Crippen LogP contribution in [0.2, 0.25) is 0 Å². The highest BCUT2D eigenvalue weighted by atomic mass is 16.5. The van der Waals surface area contributed by atoms with Crippen LogP contribution in [0.15, 0.2) is 36.5 Å². The zero-order chi connectivity index (χ0) is 10.1. The van der Waals surface area contributed by atoms with Crippen molar-refractivity contribution < 1.29 is 14.7 Å². The zero-order valence-corrected chi connectivity index (χ0v) is 7.77. The number of Topliss-reactive ketones (excluding diaryl/α,β-unsaturated/α-hetero) is 1. The second-order valence-corrected chi connectivity index (χ2v) is 3.18. The second kappa shape index (κ2) is 3.10. The van der Waals surface area contributed by atoms with Crippen LogP contribution in [-0.4, -0.2) is 11.0 Å². The summed E-state index contributed by atoms with van der Waals surface area (Å²) in [7, 11) is 0. The number of nitrogens with zero attached hydrogens (tertiary/aromatic N) is 1. The molecular formula is C11H10NO2+. The Morgan fingerprint density at radius 3 is 2.86 bits per heavy atom. The van der Waals surface area contributed by atoms with Crippen LogP contribution in [-0.2, 0) is 0 Å². The molecule has 1 N–H and O–H groups in total. The van der Waals surface area contributed by atoms with E-state index in [1.54, 1.807) is 30.5 Å². The Labute approximate surface area is 81.2 Å². The Morgan fingerprint density at radius 1 is 1.36 bits per heavy atom. The van der Waals surface area contributed by atoms with Gasteiger partial charge in [-0.15, -0.1) is 0 Å². The van der Waals surface area contributed by atoms with Gasteiger partial charge in [0.25, 0.3) is 5.52 Å². The second-order valence-electron chi connectivity index (χ2n) is 3.18. The number of hydrogen-bond donors (Lipinski definition) is 1. The van der Waals surface area contributed by atoms with Crippen molar-refractivity contribution in [3.8, 4) is 0 Å². The van der Waals surface area contributed by atoms with Gasteiger partial charge in [-0.05, 0) is 25.1 Å². The standard InChI is InChI=1S/C11H10NO2/c1-8(13)9-4-5-11-10(7-9)3-2-6-12(11)14/h2-7,14H,1H3/q+1. The summed E-state index contributed by atoms with van der Waals surface area (Å²) in [5.41, 5.74) is 1.35. The molecule has 0 saturated carbocycles. The van der Waals surface area contributed by atoms with Gasteiger partial charge >= 0.3 is 0 Å². The number of pyridine rings is 1. The third-order valence-electron chi connectivity index (χ3n) is 2.18. The lowest BCUT2D eigenvalue weighted by Gasteiger charge is -1.96. The zero-order valence-electron chi connectivity index (χ0n) is 7.77. The molecule has 0 unspecified atom stereocenters. The molecule has 0 aliphatic carbocycles. The molecular weight excluding hydrogens is 178 g/mol. The Hall–Kier alpha value is -1.90. The molecule has 0 radical (unpaired) electrons. The SMILES string of the molecule is CC(=O)c1ccc2c(ccc[n+]2O)c1. The molecule has 2 rings (SSSR count). The maximum atomic E-state index is 11.1. The van der Waals surface area contributed by atoms with Crippen LogP contribution in [0.25, 0.3) is 10.9 Å². The number of aromatic nitrogens is 1. The van der Waals surface area contributed by atoms with Crippen molar-refractivity contribution in [3.63, 3.8) is 0 Å². The van der Waals surface area contributed by atoms with Crippen molar-refractivity contribution in [2.24, 2.45) is 0 Å². The van der Waals surface area contributed by atoms with Crippen molar-refractivity contribution in [2.75, 3.05) is 0 Å². The number of rotatable bonds is 1. The normalized spacial score (nSPS) is 10.4. The summed E-state index contributed by atoms with van der Waals surface area (Å²) in [6.07, 6.45) is 1.55. The number of carbonyl (C=O) groups excluding carboxylic acids is 1.